The number of hydrogen-bond acceptors (Lipinski definition) is 3. The van der Waals surface area contributed by atoms with Crippen molar-refractivity contribution in [2.75, 3.05) is 14.1 Å². The summed E-state index contributed by atoms with van der Waals surface area (Å²) >= 11 is 0. The zero-order valence-electron chi connectivity index (χ0n) is 16.4. The first-order valence-corrected chi connectivity index (χ1v) is 9.08. The van der Waals surface area contributed by atoms with Crippen molar-refractivity contribution >= 4 is 5.97 Å². The molecule has 2 aromatic rings. The van der Waals surface area contributed by atoms with Gasteiger partial charge in [0.15, 0.2) is 5.69 Å². The van der Waals surface area contributed by atoms with Gasteiger partial charge in [-0.25, -0.2) is 9.48 Å². The zero-order chi connectivity index (χ0) is 20.9. The fraction of sp³-hybridized carbons (Fsp3) is 0.500. The normalized spacial score (nSPS) is 16.3. The van der Waals surface area contributed by atoms with Crippen molar-refractivity contribution in [2.45, 2.75) is 45.8 Å². The van der Waals surface area contributed by atoms with E-state index in [4.69, 9.17) is 0 Å². The molecule has 0 atom stereocenters. The van der Waals surface area contributed by atoms with Gasteiger partial charge in [-0.1, -0.05) is 13.8 Å². The highest BCUT2D eigenvalue weighted by Gasteiger charge is 2.35. The average molecular weight is 395 g/mol. The molecule has 0 spiro atoms. The summed E-state index contributed by atoms with van der Waals surface area (Å²) in [6.45, 7) is 4.39. The van der Waals surface area contributed by atoms with E-state index in [1.807, 2.05) is 0 Å². The largest absolute Gasteiger partial charge is 0.476 e. The van der Waals surface area contributed by atoms with E-state index >= 15 is 0 Å². The van der Waals surface area contributed by atoms with Crippen molar-refractivity contribution in [3.63, 3.8) is 0 Å². The predicted octanol–water partition coefficient (Wildman–Crippen LogP) is 4.17. The first-order chi connectivity index (χ1) is 12.9. The highest BCUT2D eigenvalue weighted by atomic mass is 19.4. The van der Waals surface area contributed by atoms with Gasteiger partial charge in [0, 0.05) is 12.1 Å². The van der Waals surface area contributed by atoms with E-state index < -0.39 is 17.7 Å². The molecule has 8 heteroatoms. The molecule has 28 heavy (non-hydrogen) atoms. The minimum Gasteiger partial charge on any atom is -0.476 e. The Kier molecular flexibility index (Phi) is 5.04. The van der Waals surface area contributed by atoms with Crippen molar-refractivity contribution in [1.29, 1.82) is 0 Å². The topological polar surface area (TPSA) is 58.4 Å². The van der Waals surface area contributed by atoms with E-state index in [1.54, 1.807) is 19.0 Å². The summed E-state index contributed by atoms with van der Waals surface area (Å²) in [6.07, 6.45) is -2.36. The molecule has 1 N–H and O–H groups in total. The van der Waals surface area contributed by atoms with E-state index in [9.17, 15) is 23.1 Å². The van der Waals surface area contributed by atoms with Gasteiger partial charge in [-0.05, 0) is 62.5 Å². The maximum absolute atomic E-state index is 13.2. The van der Waals surface area contributed by atoms with E-state index in [0.717, 1.165) is 18.6 Å². The van der Waals surface area contributed by atoms with Crippen LogP contribution in [0.15, 0.2) is 18.2 Å². The smallest absolute Gasteiger partial charge is 0.416 e. The fourth-order valence-electron chi connectivity index (χ4n) is 3.74. The molecule has 0 unspecified atom stereocenters. The number of benzene rings is 1. The summed E-state index contributed by atoms with van der Waals surface area (Å²) in [4.78, 5) is 13.8. The number of alkyl halides is 3. The SMILES string of the molecule is CN(C)Cc1cc(C(F)(F)F)ccc1-n1nc2c(c1C(=O)O)CC(C)(C)CC2. The standard InChI is InChI=1S/C20H24F3N3O2/c1-19(2)8-7-15-14(10-19)17(18(27)28)26(24-15)16-6-5-13(20(21,22)23)9-12(16)11-25(3)4/h5-6,9H,7-8,10-11H2,1-4H3,(H,27,28). The van der Waals surface area contributed by atoms with Crippen LogP contribution >= 0.6 is 0 Å². The molecule has 1 heterocycles. The number of nitrogens with zero attached hydrogens (tertiary/aromatic N) is 3. The molecule has 5 nitrogen and oxygen atoms in total. The summed E-state index contributed by atoms with van der Waals surface area (Å²) in [6, 6.07) is 3.37. The number of aromatic carboxylic acids is 1. The van der Waals surface area contributed by atoms with Gasteiger partial charge in [-0.15, -0.1) is 0 Å². The lowest BCUT2D eigenvalue weighted by Gasteiger charge is -2.28. The Morgan fingerprint density at radius 1 is 1.32 bits per heavy atom. The van der Waals surface area contributed by atoms with Gasteiger partial charge in [0.25, 0.3) is 0 Å². The van der Waals surface area contributed by atoms with Crippen molar-refractivity contribution in [2.24, 2.45) is 5.41 Å². The minimum atomic E-state index is -4.47. The second-order valence-corrected chi connectivity index (χ2v) is 8.41. The van der Waals surface area contributed by atoms with Crippen molar-refractivity contribution < 1.29 is 23.1 Å². The predicted molar refractivity (Wildman–Crippen MR) is 98.7 cm³/mol. The lowest BCUT2D eigenvalue weighted by atomic mass is 9.76. The van der Waals surface area contributed by atoms with Gasteiger partial charge in [0.05, 0.1) is 16.9 Å². The number of fused-ring (bicyclic) bond motifs is 1. The summed E-state index contributed by atoms with van der Waals surface area (Å²) in [5.41, 5.74) is 1.38. The van der Waals surface area contributed by atoms with Gasteiger partial charge >= 0.3 is 12.1 Å². The molecule has 152 valence electrons. The van der Waals surface area contributed by atoms with Crippen molar-refractivity contribution in [1.82, 2.24) is 14.7 Å². The maximum Gasteiger partial charge on any atom is 0.416 e. The van der Waals surface area contributed by atoms with Gasteiger partial charge < -0.3 is 10.0 Å². The monoisotopic (exact) mass is 395 g/mol. The second kappa shape index (κ2) is 6.92. The number of carboxylic acids is 1. The fourth-order valence-corrected chi connectivity index (χ4v) is 3.74. The van der Waals surface area contributed by atoms with E-state index in [0.29, 0.717) is 35.3 Å². The second-order valence-electron chi connectivity index (χ2n) is 8.41. The first-order valence-electron chi connectivity index (χ1n) is 9.08. The molecule has 0 saturated carbocycles. The summed E-state index contributed by atoms with van der Waals surface area (Å²) in [5.74, 6) is -1.12. The molecule has 0 bridgehead atoms. The van der Waals surface area contributed by atoms with Gasteiger partial charge in [0.2, 0.25) is 0 Å². The summed E-state index contributed by atoms with van der Waals surface area (Å²) < 4.78 is 40.9. The van der Waals surface area contributed by atoms with Crippen LogP contribution in [-0.2, 0) is 25.6 Å². The summed E-state index contributed by atoms with van der Waals surface area (Å²) in [5, 5.41) is 14.4. The zero-order valence-corrected chi connectivity index (χ0v) is 16.4. The highest BCUT2D eigenvalue weighted by molar-refractivity contribution is 5.89. The lowest BCUT2D eigenvalue weighted by molar-refractivity contribution is -0.137. The molecule has 1 aliphatic rings. The average Bonchev–Trinajstić information content (AvgIpc) is 2.90. The number of carbonyl (C=O) groups is 1. The van der Waals surface area contributed by atoms with Crippen LogP contribution in [0, 0.1) is 5.41 Å². The number of halogens is 3. The van der Waals surface area contributed by atoms with Crippen molar-refractivity contribution in [3.8, 4) is 5.69 Å². The molecular weight excluding hydrogens is 371 g/mol. The highest BCUT2D eigenvalue weighted by Crippen LogP contribution is 2.38. The van der Waals surface area contributed by atoms with Crippen LogP contribution in [-0.4, -0.2) is 39.9 Å². The third kappa shape index (κ3) is 3.92. The van der Waals surface area contributed by atoms with Crippen LogP contribution in [0.2, 0.25) is 0 Å². The van der Waals surface area contributed by atoms with Crippen LogP contribution in [0.3, 0.4) is 0 Å². The number of aryl methyl sites for hydroxylation is 1. The van der Waals surface area contributed by atoms with E-state index in [-0.39, 0.29) is 17.7 Å². The van der Waals surface area contributed by atoms with E-state index in [1.165, 1.54) is 10.7 Å². The molecule has 0 fully saturated rings. The molecule has 0 saturated heterocycles. The van der Waals surface area contributed by atoms with Crippen LogP contribution in [0.1, 0.15) is 53.1 Å². The Hall–Kier alpha value is -2.35. The molecule has 1 aliphatic carbocycles. The van der Waals surface area contributed by atoms with Crippen LogP contribution < -0.4 is 0 Å². The molecule has 3 rings (SSSR count). The minimum absolute atomic E-state index is 0.0440. The van der Waals surface area contributed by atoms with Crippen LogP contribution in [0.25, 0.3) is 5.69 Å². The third-order valence-electron chi connectivity index (χ3n) is 5.08. The molecule has 1 aromatic carbocycles. The number of carboxylic acid groups (broad SMARTS) is 1. The first kappa shape index (κ1) is 20.4. The molecule has 0 aliphatic heterocycles. The molecule has 1 aromatic heterocycles. The van der Waals surface area contributed by atoms with Gasteiger partial charge in [-0.2, -0.15) is 18.3 Å². The Balaban J connectivity index is 2.21. The Morgan fingerprint density at radius 2 is 2.00 bits per heavy atom. The Morgan fingerprint density at radius 3 is 2.57 bits per heavy atom. The molecular formula is C20H24F3N3O2. The number of rotatable bonds is 4. The summed E-state index contributed by atoms with van der Waals surface area (Å²) in [7, 11) is 3.50. The lowest BCUT2D eigenvalue weighted by Crippen LogP contribution is -2.23. The van der Waals surface area contributed by atoms with Gasteiger partial charge in [-0.3, -0.25) is 0 Å². The van der Waals surface area contributed by atoms with Crippen LogP contribution in [0.5, 0.6) is 0 Å². The van der Waals surface area contributed by atoms with E-state index in [2.05, 4.69) is 18.9 Å². The van der Waals surface area contributed by atoms with Crippen LogP contribution in [0.4, 0.5) is 13.2 Å². The quantitative estimate of drug-likeness (QED) is 0.844. The Labute approximate surface area is 161 Å². The number of hydrogen-bond donors (Lipinski definition) is 1. The maximum atomic E-state index is 13.2. The van der Waals surface area contributed by atoms with Crippen molar-refractivity contribution in [3.05, 3.63) is 46.3 Å². The van der Waals surface area contributed by atoms with Gasteiger partial charge in [0.1, 0.15) is 0 Å². The molecule has 0 amide bonds. The Bertz CT molecular complexity index is 914. The third-order valence-corrected chi connectivity index (χ3v) is 5.08. The number of aromatic nitrogens is 2. The molecule has 0 radical (unpaired) electrons.